The molecule has 1 aromatic carbocycles. The Hall–Kier alpha value is -1.16. The van der Waals surface area contributed by atoms with E-state index in [0.29, 0.717) is 6.42 Å². The van der Waals surface area contributed by atoms with E-state index in [0.717, 1.165) is 16.0 Å². The van der Waals surface area contributed by atoms with Crippen molar-refractivity contribution in [3.8, 4) is 0 Å². The van der Waals surface area contributed by atoms with E-state index in [2.05, 4.69) is 6.92 Å². The SMILES string of the molecule is Cc1cc(C(O)C(N)Cc2ccccc2)c(C)s1. The van der Waals surface area contributed by atoms with Gasteiger partial charge in [-0.05, 0) is 37.5 Å². The van der Waals surface area contributed by atoms with Crippen molar-refractivity contribution in [1.82, 2.24) is 0 Å². The van der Waals surface area contributed by atoms with Crippen LogP contribution in [0.5, 0.6) is 0 Å². The third-order valence-electron chi connectivity index (χ3n) is 3.12. The van der Waals surface area contributed by atoms with Crippen molar-refractivity contribution < 1.29 is 5.11 Å². The molecule has 1 heterocycles. The summed E-state index contributed by atoms with van der Waals surface area (Å²) in [5, 5.41) is 10.3. The molecule has 0 saturated carbocycles. The predicted molar refractivity (Wildman–Crippen MR) is 76.9 cm³/mol. The summed E-state index contributed by atoms with van der Waals surface area (Å²) in [7, 11) is 0. The minimum atomic E-state index is -0.588. The van der Waals surface area contributed by atoms with Gasteiger partial charge in [-0.2, -0.15) is 0 Å². The number of hydrogen-bond donors (Lipinski definition) is 2. The highest BCUT2D eigenvalue weighted by molar-refractivity contribution is 7.12. The Morgan fingerprint density at radius 2 is 1.89 bits per heavy atom. The Kier molecular flexibility index (Phi) is 4.17. The van der Waals surface area contributed by atoms with Crippen LogP contribution < -0.4 is 5.73 Å². The van der Waals surface area contributed by atoms with E-state index in [1.165, 1.54) is 4.88 Å². The molecule has 0 aliphatic rings. The van der Waals surface area contributed by atoms with Crippen molar-refractivity contribution in [1.29, 1.82) is 0 Å². The first-order valence-corrected chi connectivity index (χ1v) is 6.94. The molecule has 96 valence electrons. The van der Waals surface area contributed by atoms with Gasteiger partial charge in [-0.15, -0.1) is 11.3 Å². The topological polar surface area (TPSA) is 46.2 Å². The highest BCUT2D eigenvalue weighted by Crippen LogP contribution is 2.28. The number of hydrogen-bond acceptors (Lipinski definition) is 3. The number of rotatable bonds is 4. The highest BCUT2D eigenvalue weighted by atomic mass is 32.1. The van der Waals surface area contributed by atoms with Crippen molar-refractivity contribution in [2.75, 3.05) is 0 Å². The minimum Gasteiger partial charge on any atom is -0.387 e. The van der Waals surface area contributed by atoms with Crippen molar-refractivity contribution in [3.05, 3.63) is 57.3 Å². The van der Waals surface area contributed by atoms with Crippen molar-refractivity contribution in [2.45, 2.75) is 32.4 Å². The second-order valence-corrected chi connectivity index (χ2v) is 6.13. The molecule has 0 radical (unpaired) electrons. The van der Waals surface area contributed by atoms with Crippen molar-refractivity contribution >= 4 is 11.3 Å². The van der Waals surface area contributed by atoms with Gasteiger partial charge in [0.1, 0.15) is 0 Å². The predicted octanol–water partition coefficient (Wildman–Crippen LogP) is 2.97. The summed E-state index contributed by atoms with van der Waals surface area (Å²) in [5.74, 6) is 0. The molecule has 1 aromatic heterocycles. The van der Waals surface area contributed by atoms with E-state index in [-0.39, 0.29) is 6.04 Å². The standard InChI is InChI=1S/C15H19NOS/c1-10-8-13(11(2)18-10)15(17)14(16)9-12-6-4-3-5-7-12/h3-8,14-15,17H,9,16H2,1-2H3. The largest absolute Gasteiger partial charge is 0.387 e. The fraction of sp³-hybridized carbons (Fsp3) is 0.333. The normalized spacial score (nSPS) is 14.4. The van der Waals surface area contributed by atoms with E-state index in [1.54, 1.807) is 11.3 Å². The van der Waals surface area contributed by atoms with Gasteiger partial charge < -0.3 is 10.8 Å². The molecule has 2 rings (SSSR count). The molecule has 0 spiro atoms. The van der Waals surface area contributed by atoms with Crippen LogP contribution >= 0.6 is 11.3 Å². The molecule has 3 N–H and O–H groups in total. The smallest absolute Gasteiger partial charge is 0.0954 e. The van der Waals surface area contributed by atoms with Gasteiger partial charge in [-0.3, -0.25) is 0 Å². The average Bonchev–Trinajstić information content (AvgIpc) is 2.68. The lowest BCUT2D eigenvalue weighted by molar-refractivity contribution is 0.146. The molecule has 18 heavy (non-hydrogen) atoms. The van der Waals surface area contributed by atoms with Crippen LogP contribution in [0.25, 0.3) is 0 Å². The molecule has 2 unspecified atom stereocenters. The lowest BCUT2D eigenvalue weighted by Crippen LogP contribution is -2.30. The van der Waals surface area contributed by atoms with Crippen LogP contribution in [0, 0.1) is 13.8 Å². The Balaban J connectivity index is 2.09. The van der Waals surface area contributed by atoms with Gasteiger partial charge in [-0.25, -0.2) is 0 Å². The monoisotopic (exact) mass is 261 g/mol. The summed E-state index contributed by atoms with van der Waals surface area (Å²) >= 11 is 1.71. The van der Waals surface area contributed by atoms with Crippen LogP contribution in [0.1, 0.15) is 27.0 Å². The number of aliphatic hydroxyl groups excluding tert-OH is 1. The number of benzene rings is 1. The third-order valence-corrected chi connectivity index (χ3v) is 4.10. The Bertz CT molecular complexity index is 506. The number of aliphatic hydroxyl groups is 1. The Morgan fingerprint density at radius 1 is 1.22 bits per heavy atom. The molecule has 2 aromatic rings. The van der Waals surface area contributed by atoms with Gasteiger partial charge in [0.2, 0.25) is 0 Å². The maximum Gasteiger partial charge on any atom is 0.0954 e. The van der Waals surface area contributed by atoms with Crippen molar-refractivity contribution in [2.24, 2.45) is 5.73 Å². The van der Waals surface area contributed by atoms with Gasteiger partial charge >= 0.3 is 0 Å². The molecular weight excluding hydrogens is 242 g/mol. The quantitative estimate of drug-likeness (QED) is 0.889. The number of nitrogens with two attached hydrogens (primary N) is 1. The lowest BCUT2D eigenvalue weighted by Gasteiger charge is -2.19. The third kappa shape index (κ3) is 2.99. The summed E-state index contributed by atoms with van der Waals surface area (Å²) < 4.78 is 0. The average molecular weight is 261 g/mol. The van der Waals surface area contributed by atoms with Crippen LogP contribution in [0.2, 0.25) is 0 Å². The second-order valence-electron chi connectivity index (χ2n) is 4.67. The van der Waals surface area contributed by atoms with Gasteiger partial charge in [0.15, 0.2) is 0 Å². The highest BCUT2D eigenvalue weighted by Gasteiger charge is 2.20. The zero-order valence-corrected chi connectivity index (χ0v) is 11.6. The zero-order chi connectivity index (χ0) is 13.1. The summed E-state index contributed by atoms with van der Waals surface area (Å²) in [5.41, 5.74) is 8.25. The maximum absolute atomic E-state index is 10.3. The van der Waals surface area contributed by atoms with Gasteiger partial charge in [0.25, 0.3) is 0 Å². The van der Waals surface area contributed by atoms with Gasteiger partial charge in [-0.1, -0.05) is 30.3 Å². The van der Waals surface area contributed by atoms with E-state index in [9.17, 15) is 5.11 Å². The molecule has 2 atom stereocenters. The van der Waals surface area contributed by atoms with Crippen molar-refractivity contribution in [3.63, 3.8) is 0 Å². The molecule has 3 heteroatoms. The van der Waals surface area contributed by atoms with Gasteiger partial charge in [0.05, 0.1) is 6.10 Å². The van der Waals surface area contributed by atoms with Crippen LogP contribution in [-0.2, 0) is 6.42 Å². The summed E-state index contributed by atoms with van der Waals surface area (Å²) in [6.45, 7) is 4.09. The second kappa shape index (κ2) is 5.65. The molecule has 0 aliphatic carbocycles. The fourth-order valence-corrected chi connectivity index (χ4v) is 3.14. The van der Waals surface area contributed by atoms with Crippen LogP contribution in [-0.4, -0.2) is 11.1 Å². The number of aryl methyl sites for hydroxylation is 2. The Morgan fingerprint density at radius 3 is 2.44 bits per heavy atom. The molecule has 0 bridgehead atoms. The molecule has 2 nitrogen and oxygen atoms in total. The lowest BCUT2D eigenvalue weighted by atomic mass is 9.97. The first-order valence-electron chi connectivity index (χ1n) is 6.12. The molecule has 0 fully saturated rings. The first kappa shape index (κ1) is 13.3. The van der Waals surface area contributed by atoms with E-state index >= 15 is 0 Å². The Labute approximate surface area is 112 Å². The number of thiophene rings is 1. The first-order chi connectivity index (χ1) is 8.58. The summed E-state index contributed by atoms with van der Waals surface area (Å²) in [4.78, 5) is 2.37. The van der Waals surface area contributed by atoms with E-state index < -0.39 is 6.10 Å². The minimum absolute atomic E-state index is 0.264. The van der Waals surface area contributed by atoms with Gasteiger partial charge in [0, 0.05) is 15.8 Å². The molecule has 0 amide bonds. The summed E-state index contributed by atoms with van der Waals surface area (Å²) in [6.07, 6.45) is 0.103. The fourth-order valence-electron chi connectivity index (χ4n) is 2.17. The molecular formula is C15H19NOS. The van der Waals surface area contributed by atoms with Crippen LogP contribution in [0.4, 0.5) is 0 Å². The van der Waals surface area contributed by atoms with E-state index in [4.69, 9.17) is 5.73 Å². The van der Waals surface area contributed by atoms with Crippen LogP contribution in [0.15, 0.2) is 36.4 Å². The molecule has 0 saturated heterocycles. The molecule has 0 aliphatic heterocycles. The zero-order valence-electron chi connectivity index (χ0n) is 10.8. The summed E-state index contributed by atoms with van der Waals surface area (Å²) in [6, 6.07) is 11.8. The maximum atomic E-state index is 10.3. The van der Waals surface area contributed by atoms with Crippen LogP contribution in [0.3, 0.4) is 0 Å². The van der Waals surface area contributed by atoms with E-state index in [1.807, 2.05) is 43.3 Å².